The van der Waals surface area contributed by atoms with Crippen LogP contribution in [0.25, 0.3) is 0 Å². The molecule has 1 aliphatic heterocycles. The lowest BCUT2D eigenvalue weighted by Crippen LogP contribution is -2.39. The molecule has 4 rings (SSSR count). The van der Waals surface area contributed by atoms with E-state index in [-0.39, 0.29) is 6.10 Å². The summed E-state index contributed by atoms with van der Waals surface area (Å²) in [5, 5.41) is 3.08. The maximum absolute atomic E-state index is 5.95. The van der Waals surface area contributed by atoms with Crippen molar-refractivity contribution in [2.24, 2.45) is 0 Å². The average molecular weight is 362 g/mol. The van der Waals surface area contributed by atoms with E-state index in [1.165, 1.54) is 5.56 Å². The highest BCUT2D eigenvalue weighted by molar-refractivity contribution is 5.45. The van der Waals surface area contributed by atoms with Gasteiger partial charge in [0, 0.05) is 32.0 Å². The summed E-state index contributed by atoms with van der Waals surface area (Å²) in [6, 6.07) is 12.3. The van der Waals surface area contributed by atoms with Gasteiger partial charge in [-0.05, 0) is 18.1 Å². The van der Waals surface area contributed by atoms with Crippen LogP contribution in [0.4, 0.5) is 11.8 Å². The summed E-state index contributed by atoms with van der Waals surface area (Å²) in [4.78, 5) is 19.7. The highest BCUT2D eigenvalue weighted by Crippen LogP contribution is 2.22. The van der Waals surface area contributed by atoms with Crippen LogP contribution in [-0.2, 0) is 11.2 Å². The lowest BCUT2D eigenvalue weighted by atomic mass is 10.1. The molecule has 0 aliphatic carbocycles. The second kappa shape index (κ2) is 8.66. The number of anilines is 2. The number of benzene rings is 1. The van der Waals surface area contributed by atoms with Gasteiger partial charge in [-0.1, -0.05) is 30.3 Å². The monoisotopic (exact) mass is 362 g/mol. The molecule has 2 aromatic heterocycles. The Morgan fingerprint density at radius 1 is 1.07 bits per heavy atom. The minimum Gasteiger partial charge on any atom is -0.369 e. The molecule has 0 spiro atoms. The number of morpholine rings is 1. The van der Waals surface area contributed by atoms with E-state index >= 15 is 0 Å². The first kappa shape index (κ1) is 17.5. The van der Waals surface area contributed by atoms with Gasteiger partial charge in [0.15, 0.2) is 5.82 Å². The zero-order chi connectivity index (χ0) is 18.3. The summed E-state index contributed by atoms with van der Waals surface area (Å²) in [5.41, 5.74) is 2.18. The smallest absolute Gasteiger partial charge is 0.228 e. The molecule has 3 aromatic rings. The molecule has 1 N–H and O–H groups in total. The van der Waals surface area contributed by atoms with E-state index < -0.39 is 0 Å². The first-order valence-corrected chi connectivity index (χ1v) is 9.11. The van der Waals surface area contributed by atoms with Gasteiger partial charge < -0.3 is 10.1 Å². The Bertz CT molecular complexity index is 845. The molecule has 0 saturated carbocycles. The second-order valence-corrected chi connectivity index (χ2v) is 6.42. The second-order valence-electron chi connectivity index (χ2n) is 6.42. The van der Waals surface area contributed by atoms with E-state index in [2.05, 4.69) is 60.5 Å². The minimum atomic E-state index is -0.0829. The van der Waals surface area contributed by atoms with Crippen LogP contribution in [0, 0.1) is 0 Å². The van der Waals surface area contributed by atoms with Crippen molar-refractivity contribution in [3.05, 3.63) is 72.4 Å². The molecule has 0 unspecified atom stereocenters. The van der Waals surface area contributed by atoms with Crippen molar-refractivity contribution in [2.45, 2.75) is 12.5 Å². The van der Waals surface area contributed by atoms with E-state index in [4.69, 9.17) is 4.74 Å². The summed E-state index contributed by atoms with van der Waals surface area (Å²) in [6.07, 6.45) is 7.74. The molecule has 1 atom stereocenters. The fourth-order valence-electron chi connectivity index (χ4n) is 3.09. The van der Waals surface area contributed by atoms with Crippen LogP contribution in [0.3, 0.4) is 0 Å². The predicted molar refractivity (Wildman–Crippen MR) is 103 cm³/mol. The Kier molecular flexibility index (Phi) is 5.61. The molecule has 0 amide bonds. The normalized spacial score (nSPS) is 17.6. The summed E-state index contributed by atoms with van der Waals surface area (Å²) in [6.45, 7) is 3.45. The van der Waals surface area contributed by atoms with Gasteiger partial charge in [-0.2, -0.15) is 0 Å². The predicted octanol–water partition coefficient (Wildman–Crippen LogP) is 2.63. The highest BCUT2D eigenvalue weighted by Gasteiger charge is 2.23. The first-order chi connectivity index (χ1) is 13.4. The van der Waals surface area contributed by atoms with Crippen molar-refractivity contribution < 1.29 is 4.74 Å². The number of nitrogens with zero attached hydrogens (tertiary/aromatic N) is 5. The third kappa shape index (κ3) is 4.84. The van der Waals surface area contributed by atoms with Gasteiger partial charge in [0.25, 0.3) is 0 Å². The Hall–Kier alpha value is -2.90. The lowest BCUT2D eigenvalue weighted by Gasteiger charge is -2.32. The third-order valence-corrected chi connectivity index (χ3v) is 4.50. The standard InChI is InChI=1S/C20H22N6O/c1-2-5-16(6-3-1)7-10-26-11-12-27-18(15-26)17-13-21-14-19(24-17)25-20-22-8-4-9-23-20/h1-6,8-9,13-14,18H,7,10-12,15H2,(H,22,23,24,25)/t18-/m0/s1. The molecule has 138 valence electrons. The number of hydrogen-bond donors (Lipinski definition) is 1. The third-order valence-electron chi connectivity index (χ3n) is 4.50. The molecule has 1 aliphatic rings. The Labute approximate surface area is 158 Å². The first-order valence-electron chi connectivity index (χ1n) is 9.11. The number of aromatic nitrogens is 4. The molecule has 0 radical (unpaired) electrons. The summed E-state index contributed by atoms with van der Waals surface area (Å²) in [7, 11) is 0. The quantitative estimate of drug-likeness (QED) is 0.722. The van der Waals surface area contributed by atoms with Gasteiger partial charge in [0.2, 0.25) is 5.95 Å². The van der Waals surface area contributed by atoms with Crippen LogP contribution in [0.15, 0.2) is 61.2 Å². The molecule has 7 heteroatoms. The van der Waals surface area contributed by atoms with Gasteiger partial charge in [-0.3, -0.25) is 9.88 Å². The Morgan fingerprint density at radius 2 is 1.93 bits per heavy atom. The van der Waals surface area contributed by atoms with Crippen molar-refractivity contribution in [1.29, 1.82) is 0 Å². The highest BCUT2D eigenvalue weighted by atomic mass is 16.5. The zero-order valence-electron chi connectivity index (χ0n) is 15.0. The maximum Gasteiger partial charge on any atom is 0.228 e. The van der Waals surface area contributed by atoms with Crippen LogP contribution in [0.2, 0.25) is 0 Å². The lowest BCUT2D eigenvalue weighted by molar-refractivity contribution is -0.0317. The largest absolute Gasteiger partial charge is 0.369 e. The molecule has 27 heavy (non-hydrogen) atoms. The minimum absolute atomic E-state index is 0.0829. The van der Waals surface area contributed by atoms with E-state index in [9.17, 15) is 0 Å². The molecule has 1 aromatic carbocycles. The van der Waals surface area contributed by atoms with E-state index in [0.717, 1.165) is 31.7 Å². The molecular formula is C20H22N6O. The summed E-state index contributed by atoms with van der Waals surface area (Å²) in [5.74, 6) is 1.11. The fourth-order valence-corrected chi connectivity index (χ4v) is 3.09. The summed E-state index contributed by atoms with van der Waals surface area (Å²) < 4.78 is 5.95. The van der Waals surface area contributed by atoms with E-state index in [0.29, 0.717) is 18.4 Å². The molecule has 7 nitrogen and oxygen atoms in total. The fraction of sp³-hybridized carbons (Fsp3) is 0.300. The summed E-state index contributed by atoms with van der Waals surface area (Å²) >= 11 is 0. The van der Waals surface area contributed by atoms with Crippen molar-refractivity contribution in [2.75, 3.05) is 31.6 Å². The van der Waals surface area contributed by atoms with Crippen LogP contribution < -0.4 is 5.32 Å². The van der Waals surface area contributed by atoms with Crippen molar-refractivity contribution >= 4 is 11.8 Å². The molecule has 3 heterocycles. The van der Waals surface area contributed by atoms with Crippen LogP contribution in [0.1, 0.15) is 17.4 Å². The maximum atomic E-state index is 5.95. The zero-order valence-corrected chi connectivity index (χ0v) is 15.0. The number of rotatable bonds is 6. The van der Waals surface area contributed by atoms with Gasteiger partial charge in [-0.15, -0.1) is 0 Å². The molecule has 0 bridgehead atoms. The topological polar surface area (TPSA) is 76.1 Å². The van der Waals surface area contributed by atoms with Crippen LogP contribution in [0.5, 0.6) is 0 Å². The average Bonchev–Trinajstić information content (AvgIpc) is 2.74. The molecule has 1 fully saturated rings. The number of ether oxygens (including phenoxy) is 1. The number of hydrogen-bond acceptors (Lipinski definition) is 7. The van der Waals surface area contributed by atoms with Gasteiger partial charge >= 0.3 is 0 Å². The SMILES string of the molecule is c1ccc(CCN2CCO[C@H](c3cncc(Nc4ncccn4)n3)C2)cc1. The van der Waals surface area contributed by atoms with Gasteiger partial charge in [0.05, 0.1) is 24.7 Å². The van der Waals surface area contributed by atoms with E-state index in [1.54, 1.807) is 30.9 Å². The van der Waals surface area contributed by atoms with Crippen molar-refractivity contribution in [1.82, 2.24) is 24.8 Å². The molecular weight excluding hydrogens is 340 g/mol. The van der Waals surface area contributed by atoms with Crippen LogP contribution >= 0.6 is 0 Å². The van der Waals surface area contributed by atoms with Crippen molar-refractivity contribution in [3.63, 3.8) is 0 Å². The van der Waals surface area contributed by atoms with E-state index in [1.807, 2.05) is 0 Å². The number of nitrogens with one attached hydrogen (secondary N) is 1. The van der Waals surface area contributed by atoms with Crippen LogP contribution in [-0.4, -0.2) is 51.1 Å². The Balaban J connectivity index is 1.38. The molecule has 1 saturated heterocycles. The van der Waals surface area contributed by atoms with Crippen molar-refractivity contribution in [3.8, 4) is 0 Å². The van der Waals surface area contributed by atoms with Gasteiger partial charge in [0.1, 0.15) is 6.10 Å². The Morgan fingerprint density at radius 3 is 2.78 bits per heavy atom. The van der Waals surface area contributed by atoms with Gasteiger partial charge in [-0.25, -0.2) is 15.0 Å².